The zero-order valence-corrected chi connectivity index (χ0v) is 18.0. The predicted octanol–water partition coefficient (Wildman–Crippen LogP) is 1.51. The van der Waals surface area contributed by atoms with E-state index in [0.29, 0.717) is 6.54 Å². The number of aromatic nitrogens is 2. The van der Waals surface area contributed by atoms with Crippen LogP contribution < -0.4 is 10.6 Å². The molecule has 2 rings (SSSR count). The van der Waals surface area contributed by atoms with Gasteiger partial charge < -0.3 is 20.4 Å². The summed E-state index contributed by atoms with van der Waals surface area (Å²) in [6.07, 6.45) is 2.41. The van der Waals surface area contributed by atoms with Crippen molar-refractivity contribution in [3.05, 3.63) is 17.0 Å². The van der Waals surface area contributed by atoms with Crippen LogP contribution in [0.3, 0.4) is 0 Å². The molecule has 1 aromatic rings. The molecule has 0 saturated carbocycles. The van der Waals surface area contributed by atoms with Gasteiger partial charge in [0.1, 0.15) is 0 Å². The first-order chi connectivity index (χ1) is 13.0. The van der Waals surface area contributed by atoms with E-state index in [1.807, 2.05) is 11.7 Å². The van der Waals surface area contributed by atoms with Gasteiger partial charge in [0.05, 0.1) is 12.2 Å². The molecule has 1 fully saturated rings. The summed E-state index contributed by atoms with van der Waals surface area (Å²) in [6.45, 7) is 18.3. The maximum absolute atomic E-state index is 4.75. The van der Waals surface area contributed by atoms with Crippen LogP contribution in [-0.2, 0) is 13.6 Å². The molecule has 2 N–H and O–H groups in total. The minimum absolute atomic E-state index is 0.669. The third kappa shape index (κ3) is 6.81. The molecule has 27 heavy (non-hydrogen) atoms. The first-order valence-corrected chi connectivity index (χ1v) is 10.5. The number of nitrogens with one attached hydrogen (secondary N) is 2. The van der Waals surface area contributed by atoms with Crippen molar-refractivity contribution in [1.82, 2.24) is 30.2 Å². The van der Waals surface area contributed by atoms with Gasteiger partial charge in [0.15, 0.2) is 5.96 Å². The molecule has 0 aliphatic carbocycles. The number of hydrogen-bond acceptors (Lipinski definition) is 4. The topological polar surface area (TPSA) is 60.7 Å². The van der Waals surface area contributed by atoms with Crippen LogP contribution in [0.15, 0.2) is 4.99 Å². The second-order valence-electron chi connectivity index (χ2n) is 7.38. The number of rotatable bonds is 9. The van der Waals surface area contributed by atoms with Crippen molar-refractivity contribution in [2.75, 3.05) is 52.4 Å². The molecule has 0 unspecified atom stereocenters. The first-order valence-electron chi connectivity index (χ1n) is 10.5. The van der Waals surface area contributed by atoms with Gasteiger partial charge in [0.25, 0.3) is 0 Å². The van der Waals surface area contributed by atoms with E-state index in [2.05, 4.69) is 53.2 Å². The molecule has 1 aliphatic heterocycles. The number of aryl methyl sites for hydroxylation is 2. The molecule has 1 saturated heterocycles. The zero-order valence-electron chi connectivity index (χ0n) is 18.0. The fourth-order valence-electron chi connectivity index (χ4n) is 3.54. The van der Waals surface area contributed by atoms with Gasteiger partial charge in [-0.1, -0.05) is 6.92 Å². The summed E-state index contributed by atoms with van der Waals surface area (Å²) in [6, 6.07) is 0. The average Bonchev–Trinajstić information content (AvgIpc) is 2.91. The van der Waals surface area contributed by atoms with Crippen molar-refractivity contribution in [1.29, 1.82) is 0 Å². The average molecular weight is 378 g/mol. The molecule has 7 heteroatoms. The second-order valence-corrected chi connectivity index (χ2v) is 7.38. The molecule has 0 aromatic carbocycles. The Morgan fingerprint density at radius 2 is 1.74 bits per heavy atom. The van der Waals surface area contributed by atoms with Crippen LogP contribution >= 0.6 is 0 Å². The normalized spacial score (nSPS) is 16.7. The Labute approximate surface area is 165 Å². The minimum Gasteiger partial charge on any atom is -0.357 e. The van der Waals surface area contributed by atoms with Crippen LogP contribution in [0, 0.1) is 13.8 Å². The number of unbranched alkanes of at least 4 members (excludes halogenated alkanes) is 1. The van der Waals surface area contributed by atoms with E-state index in [1.165, 1.54) is 63.4 Å². The van der Waals surface area contributed by atoms with Gasteiger partial charge in [-0.2, -0.15) is 5.10 Å². The SMILES string of the molecule is CCNC(=NCc1c(C)nn(C)c1C)NCCCCN1CCN(CC)CC1. The first kappa shape index (κ1) is 21.7. The van der Waals surface area contributed by atoms with Crippen molar-refractivity contribution in [2.24, 2.45) is 12.0 Å². The van der Waals surface area contributed by atoms with Crippen LogP contribution in [0.1, 0.15) is 43.6 Å². The van der Waals surface area contributed by atoms with E-state index in [1.54, 1.807) is 0 Å². The number of guanidine groups is 1. The van der Waals surface area contributed by atoms with E-state index in [0.717, 1.165) is 24.7 Å². The van der Waals surface area contributed by atoms with Crippen LogP contribution in [-0.4, -0.2) is 77.9 Å². The van der Waals surface area contributed by atoms with Gasteiger partial charge in [-0.3, -0.25) is 4.68 Å². The molecular weight excluding hydrogens is 338 g/mol. The Morgan fingerprint density at radius 3 is 2.33 bits per heavy atom. The number of aliphatic imine (C=N–C) groups is 1. The summed E-state index contributed by atoms with van der Waals surface area (Å²) in [5, 5.41) is 11.3. The fourth-order valence-corrected chi connectivity index (χ4v) is 3.54. The van der Waals surface area contributed by atoms with E-state index in [9.17, 15) is 0 Å². The lowest BCUT2D eigenvalue weighted by molar-refractivity contribution is 0.136. The third-order valence-corrected chi connectivity index (χ3v) is 5.50. The number of likely N-dealkylation sites (N-methyl/N-ethyl adjacent to an activating group) is 1. The molecule has 2 heterocycles. The van der Waals surface area contributed by atoms with Gasteiger partial charge in [-0.05, 0) is 46.7 Å². The Hall–Kier alpha value is -1.60. The van der Waals surface area contributed by atoms with Crippen molar-refractivity contribution < 1.29 is 0 Å². The lowest BCUT2D eigenvalue weighted by Gasteiger charge is -2.34. The van der Waals surface area contributed by atoms with Gasteiger partial charge in [-0.25, -0.2) is 4.99 Å². The Bertz CT molecular complexity index is 585. The predicted molar refractivity (Wildman–Crippen MR) is 113 cm³/mol. The standard InChI is InChI=1S/C20H39N7/c1-6-21-20(23-16-19-17(3)24-25(5)18(19)4)22-10-8-9-11-27-14-12-26(7-2)13-15-27/h6-16H2,1-5H3,(H2,21,22,23). The van der Waals surface area contributed by atoms with Gasteiger partial charge in [0.2, 0.25) is 0 Å². The molecule has 7 nitrogen and oxygen atoms in total. The Balaban J connectivity index is 1.70. The lowest BCUT2D eigenvalue weighted by Crippen LogP contribution is -2.46. The molecule has 0 radical (unpaired) electrons. The zero-order chi connectivity index (χ0) is 19.6. The molecule has 1 aromatic heterocycles. The molecule has 0 bridgehead atoms. The van der Waals surface area contributed by atoms with Gasteiger partial charge >= 0.3 is 0 Å². The van der Waals surface area contributed by atoms with E-state index in [4.69, 9.17) is 4.99 Å². The molecule has 1 aliphatic rings. The Kier molecular flexibility index (Phi) is 9.07. The lowest BCUT2D eigenvalue weighted by atomic mass is 10.2. The van der Waals surface area contributed by atoms with Crippen LogP contribution in [0.4, 0.5) is 0 Å². The van der Waals surface area contributed by atoms with E-state index < -0.39 is 0 Å². The number of nitrogens with zero attached hydrogens (tertiary/aromatic N) is 5. The van der Waals surface area contributed by atoms with Crippen LogP contribution in [0.2, 0.25) is 0 Å². The fraction of sp³-hybridized carbons (Fsp3) is 0.800. The quantitative estimate of drug-likeness (QED) is 0.388. The summed E-state index contributed by atoms with van der Waals surface area (Å²) in [5.74, 6) is 0.900. The molecule has 154 valence electrons. The second kappa shape index (κ2) is 11.3. The van der Waals surface area contributed by atoms with E-state index in [-0.39, 0.29) is 0 Å². The number of piperazine rings is 1. The van der Waals surface area contributed by atoms with Crippen molar-refractivity contribution in [2.45, 2.75) is 47.1 Å². The summed E-state index contributed by atoms with van der Waals surface area (Å²) < 4.78 is 1.93. The minimum atomic E-state index is 0.669. The Morgan fingerprint density at radius 1 is 1.04 bits per heavy atom. The largest absolute Gasteiger partial charge is 0.357 e. The van der Waals surface area contributed by atoms with Crippen LogP contribution in [0.25, 0.3) is 0 Å². The molecule has 0 spiro atoms. The molecule has 0 atom stereocenters. The maximum atomic E-state index is 4.75. The summed E-state index contributed by atoms with van der Waals surface area (Å²) in [4.78, 5) is 9.88. The number of hydrogen-bond donors (Lipinski definition) is 2. The summed E-state index contributed by atoms with van der Waals surface area (Å²) in [5.41, 5.74) is 3.48. The highest BCUT2D eigenvalue weighted by Crippen LogP contribution is 2.12. The van der Waals surface area contributed by atoms with E-state index >= 15 is 0 Å². The third-order valence-electron chi connectivity index (χ3n) is 5.50. The summed E-state index contributed by atoms with van der Waals surface area (Å²) >= 11 is 0. The van der Waals surface area contributed by atoms with Crippen molar-refractivity contribution in [3.8, 4) is 0 Å². The van der Waals surface area contributed by atoms with Crippen LogP contribution in [0.5, 0.6) is 0 Å². The smallest absolute Gasteiger partial charge is 0.191 e. The highest BCUT2D eigenvalue weighted by molar-refractivity contribution is 5.79. The highest BCUT2D eigenvalue weighted by atomic mass is 15.3. The van der Waals surface area contributed by atoms with Gasteiger partial charge in [-0.15, -0.1) is 0 Å². The summed E-state index contributed by atoms with van der Waals surface area (Å²) in [7, 11) is 1.99. The highest BCUT2D eigenvalue weighted by Gasteiger charge is 2.14. The maximum Gasteiger partial charge on any atom is 0.191 e. The van der Waals surface area contributed by atoms with Crippen molar-refractivity contribution >= 4 is 5.96 Å². The van der Waals surface area contributed by atoms with Gasteiger partial charge in [0, 0.05) is 57.6 Å². The molecule has 0 amide bonds. The monoisotopic (exact) mass is 377 g/mol. The van der Waals surface area contributed by atoms with Crippen molar-refractivity contribution in [3.63, 3.8) is 0 Å². The molecular formula is C20H39N7.